The molecule has 3 heterocycles. The minimum absolute atomic E-state index is 0.149. The van der Waals surface area contributed by atoms with E-state index < -0.39 is 10.0 Å². The van der Waals surface area contributed by atoms with Gasteiger partial charge in [-0.15, -0.1) is 0 Å². The van der Waals surface area contributed by atoms with Crippen LogP contribution < -0.4 is 10.1 Å². The lowest BCUT2D eigenvalue weighted by molar-refractivity contribution is -0.114. The van der Waals surface area contributed by atoms with E-state index in [2.05, 4.69) is 21.3 Å². The van der Waals surface area contributed by atoms with Crippen molar-refractivity contribution < 1.29 is 17.9 Å². The number of nitrogens with one attached hydrogen (secondary N) is 1. The standard InChI is InChI=1S/C21H25N5O4S2/c1-14-20(31-21(23-14)24-15(2)27)32(28,29)25-12-17-5-6-18(13-25)26(17)9-10-30-19-7-3-16(11-22)4-8-19/h3-4,7-8,17-18H,5-6,9-10,12-13H2,1-2H3,(H,23,24,27). The maximum Gasteiger partial charge on any atom is 0.254 e. The molecule has 0 spiro atoms. The summed E-state index contributed by atoms with van der Waals surface area (Å²) in [5.41, 5.74) is 0.998. The Labute approximate surface area is 191 Å². The number of nitriles is 1. The minimum Gasteiger partial charge on any atom is -0.492 e. The third-order valence-corrected chi connectivity index (χ3v) is 9.30. The third-order valence-electron chi connectivity index (χ3n) is 5.81. The maximum absolute atomic E-state index is 13.3. The van der Waals surface area contributed by atoms with Gasteiger partial charge in [-0.3, -0.25) is 9.69 Å². The van der Waals surface area contributed by atoms with E-state index in [4.69, 9.17) is 10.00 Å². The number of carbonyl (C=O) groups is 1. The number of rotatable bonds is 7. The monoisotopic (exact) mass is 475 g/mol. The van der Waals surface area contributed by atoms with E-state index in [0.29, 0.717) is 41.8 Å². The minimum atomic E-state index is -3.67. The molecule has 2 aliphatic heterocycles. The predicted molar refractivity (Wildman–Crippen MR) is 120 cm³/mol. The summed E-state index contributed by atoms with van der Waals surface area (Å²) in [6, 6.07) is 9.39. The number of aromatic nitrogens is 1. The fourth-order valence-corrected chi connectivity index (χ4v) is 7.46. The zero-order valence-corrected chi connectivity index (χ0v) is 19.6. The van der Waals surface area contributed by atoms with E-state index in [0.717, 1.165) is 30.7 Å². The lowest BCUT2D eigenvalue weighted by atomic mass is 10.2. The number of piperazine rings is 1. The molecule has 1 amide bonds. The highest BCUT2D eigenvalue weighted by atomic mass is 32.2. The van der Waals surface area contributed by atoms with Gasteiger partial charge in [-0.2, -0.15) is 9.57 Å². The van der Waals surface area contributed by atoms with Crippen molar-refractivity contribution in [1.82, 2.24) is 14.2 Å². The number of ether oxygens (including phenoxy) is 1. The van der Waals surface area contributed by atoms with Gasteiger partial charge in [0.25, 0.3) is 10.0 Å². The Bertz CT molecular complexity index is 1130. The van der Waals surface area contributed by atoms with Crippen LogP contribution in [0.4, 0.5) is 5.13 Å². The summed E-state index contributed by atoms with van der Waals surface area (Å²) in [5, 5.41) is 11.7. The second kappa shape index (κ2) is 9.15. The van der Waals surface area contributed by atoms with Gasteiger partial charge in [-0.1, -0.05) is 11.3 Å². The summed E-state index contributed by atoms with van der Waals surface area (Å²) in [6.45, 7) is 5.10. The summed E-state index contributed by atoms with van der Waals surface area (Å²) in [5.74, 6) is 0.436. The van der Waals surface area contributed by atoms with Crippen molar-refractivity contribution in [3.05, 3.63) is 35.5 Å². The zero-order chi connectivity index (χ0) is 22.9. The Morgan fingerprint density at radius 1 is 1.28 bits per heavy atom. The number of benzene rings is 1. The molecule has 32 heavy (non-hydrogen) atoms. The third kappa shape index (κ3) is 4.63. The molecule has 2 unspecified atom stereocenters. The Balaban J connectivity index is 1.38. The fraction of sp³-hybridized carbons (Fsp3) is 0.476. The van der Waals surface area contributed by atoms with E-state index >= 15 is 0 Å². The Kier molecular flexibility index (Phi) is 6.48. The number of carbonyl (C=O) groups excluding carboxylic acids is 1. The molecule has 4 rings (SSSR count). The van der Waals surface area contributed by atoms with Gasteiger partial charge in [-0.25, -0.2) is 13.4 Å². The first-order chi connectivity index (χ1) is 15.3. The van der Waals surface area contributed by atoms with Gasteiger partial charge < -0.3 is 10.1 Å². The van der Waals surface area contributed by atoms with Crippen LogP contribution in [0, 0.1) is 18.3 Å². The highest BCUT2D eigenvalue weighted by Gasteiger charge is 2.44. The van der Waals surface area contributed by atoms with Gasteiger partial charge >= 0.3 is 0 Å². The Morgan fingerprint density at radius 3 is 2.53 bits per heavy atom. The van der Waals surface area contributed by atoms with Crippen molar-refractivity contribution in [2.24, 2.45) is 0 Å². The highest BCUT2D eigenvalue weighted by molar-refractivity contribution is 7.91. The predicted octanol–water partition coefficient (Wildman–Crippen LogP) is 2.20. The van der Waals surface area contributed by atoms with Crippen LogP contribution in [-0.4, -0.2) is 66.8 Å². The first-order valence-electron chi connectivity index (χ1n) is 10.4. The molecule has 2 fully saturated rings. The van der Waals surface area contributed by atoms with Crippen molar-refractivity contribution in [3.8, 4) is 11.8 Å². The van der Waals surface area contributed by atoms with E-state index in [1.165, 1.54) is 6.92 Å². The first-order valence-corrected chi connectivity index (χ1v) is 12.7. The lowest BCUT2D eigenvalue weighted by Gasteiger charge is -2.40. The van der Waals surface area contributed by atoms with Gasteiger partial charge in [0.05, 0.1) is 17.3 Å². The second-order valence-electron chi connectivity index (χ2n) is 8.00. The van der Waals surface area contributed by atoms with Crippen molar-refractivity contribution >= 4 is 32.4 Å². The van der Waals surface area contributed by atoms with Gasteiger partial charge in [0.15, 0.2) is 9.34 Å². The van der Waals surface area contributed by atoms with Crippen LogP contribution >= 0.6 is 11.3 Å². The molecule has 2 aromatic rings. The smallest absolute Gasteiger partial charge is 0.254 e. The molecule has 11 heteroatoms. The van der Waals surface area contributed by atoms with Crippen LogP contribution in [-0.2, 0) is 14.8 Å². The molecule has 0 aliphatic carbocycles. The van der Waals surface area contributed by atoms with Gasteiger partial charge in [0.1, 0.15) is 12.4 Å². The Morgan fingerprint density at radius 2 is 1.94 bits per heavy atom. The van der Waals surface area contributed by atoms with Crippen molar-refractivity contribution in [2.45, 2.75) is 43.0 Å². The van der Waals surface area contributed by atoms with E-state index in [1.807, 2.05) is 0 Å². The number of hydrogen-bond donors (Lipinski definition) is 1. The summed E-state index contributed by atoms with van der Waals surface area (Å²) in [6.07, 6.45) is 1.90. The number of nitrogens with zero attached hydrogens (tertiary/aromatic N) is 4. The summed E-state index contributed by atoms with van der Waals surface area (Å²) in [7, 11) is -3.67. The van der Waals surface area contributed by atoms with Gasteiger partial charge in [-0.05, 0) is 44.0 Å². The molecule has 0 radical (unpaired) electrons. The normalized spacial score (nSPS) is 21.3. The number of fused-ring (bicyclic) bond motifs is 2. The second-order valence-corrected chi connectivity index (χ2v) is 11.1. The molecular formula is C21H25N5O4S2. The summed E-state index contributed by atoms with van der Waals surface area (Å²) >= 11 is 1.000. The average molecular weight is 476 g/mol. The van der Waals surface area contributed by atoms with Gasteiger partial charge in [0, 0.05) is 38.6 Å². The summed E-state index contributed by atoms with van der Waals surface area (Å²) in [4.78, 5) is 17.8. The number of anilines is 1. The molecule has 0 saturated carbocycles. The molecule has 2 saturated heterocycles. The molecule has 2 bridgehead atoms. The van der Waals surface area contributed by atoms with Crippen molar-refractivity contribution in [1.29, 1.82) is 5.26 Å². The lowest BCUT2D eigenvalue weighted by Crippen LogP contribution is -2.55. The molecular weight excluding hydrogens is 450 g/mol. The molecule has 1 N–H and O–H groups in total. The van der Waals surface area contributed by atoms with E-state index in [1.54, 1.807) is 35.5 Å². The quantitative estimate of drug-likeness (QED) is 0.653. The van der Waals surface area contributed by atoms with Crippen LogP contribution in [0.1, 0.15) is 31.0 Å². The molecule has 9 nitrogen and oxygen atoms in total. The topological polar surface area (TPSA) is 116 Å². The zero-order valence-electron chi connectivity index (χ0n) is 17.9. The number of thiazole rings is 1. The first kappa shape index (κ1) is 22.7. The molecule has 1 aromatic carbocycles. The Hall–Kier alpha value is -2.52. The van der Waals surface area contributed by atoms with Crippen LogP contribution in [0.3, 0.4) is 0 Å². The highest BCUT2D eigenvalue weighted by Crippen LogP contribution is 2.35. The van der Waals surface area contributed by atoms with E-state index in [-0.39, 0.29) is 22.2 Å². The number of aryl methyl sites for hydroxylation is 1. The van der Waals surface area contributed by atoms with Crippen LogP contribution in [0.5, 0.6) is 5.75 Å². The fourth-order valence-electron chi connectivity index (χ4n) is 4.35. The summed E-state index contributed by atoms with van der Waals surface area (Å²) < 4.78 is 34.2. The molecule has 2 aliphatic rings. The number of amides is 1. The van der Waals surface area contributed by atoms with E-state index in [9.17, 15) is 13.2 Å². The molecule has 2 atom stereocenters. The average Bonchev–Trinajstić information content (AvgIpc) is 3.22. The SMILES string of the molecule is CC(=O)Nc1nc(C)c(S(=O)(=O)N2CC3CCC(C2)N3CCOc2ccc(C#N)cc2)s1. The maximum atomic E-state index is 13.3. The number of sulfonamides is 1. The van der Waals surface area contributed by atoms with Crippen molar-refractivity contribution in [3.63, 3.8) is 0 Å². The van der Waals surface area contributed by atoms with Crippen LogP contribution in [0.25, 0.3) is 0 Å². The largest absolute Gasteiger partial charge is 0.492 e. The van der Waals surface area contributed by atoms with Crippen LogP contribution in [0.15, 0.2) is 28.5 Å². The van der Waals surface area contributed by atoms with Crippen molar-refractivity contribution in [2.75, 3.05) is 31.6 Å². The van der Waals surface area contributed by atoms with Crippen LogP contribution in [0.2, 0.25) is 0 Å². The molecule has 170 valence electrons. The number of hydrogen-bond acceptors (Lipinski definition) is 8. The van der Waals surface area contributed by atoms with Gasteiger partial charge in [0.2, 0.25) is 5.91 Å². The molecule has 1 aromatic heterocycles.